The quantitative estimate of drug-likeness (QED) is 0.544. The Morgan fingerprint density at radius 1 is 1.13 bits per heavy atom. The lowest BCUT2D eigenvalue weighted by Crippen LogP contribution is -2.21. The number of carbonyl (C=O) groups excluding carboxylic acids is 2. The number of carbonyl (C=O) groups is 2. The minimum Gasteiger partial charge on any atom is -0.452 e. The van der Waals surface area contributed by atoms with Crippen LogP contribution in [-0.4, -0.2) is 23.5 Å². The minimum absolute atomic E-state index is 0.309. The molecule has 3 aromatic rings. The number of hydrogen-bond acceptors (Lipinski definition) is 3. The summed E-state index contributed by atoms with van der Waals surface area (Å²) in [6.45, 7) is 3.93. The number of amides is 1. The molecule has 2 aromatic carbocycles. The molecule has 0 fully saturated rings. The summed E-state index contributed by atoms with van der Waals surface area (Å²) >= 11 is 0. The molecule has 1 amide bonds. The highest BCUT2D eigenvalue weighted by Gasteiger charge is 2.18. The van der Waals surface area contributed by atoms with Crippen LogP contribution < -0.4 is 5.32 Å². The van der Waals surface area contributed by atoms with E-state index in [-0.39, 0.29) is 12.5 Å². The van der Waals surface area contributed by atoms with E-state index in [4.69, 9.17) is 4.74 Å². The summed E-state index contributed by atoms with van der Waals surface area (Å²) in [4.78, 5) is 28.4. The summed E-state index contributed by atoms with van der Waals surface area (Å²) in [6, 6.07) is 13.3. The molecule has 0 saturated heterocycles. The van der Waals surface area contributed by atoms with Crippen molar-refractivity contribution in [3.05, 3.63) is 64.8 Å². The van der Waals surface area contributed by atoms with E-state index in [1.807, 2.05) is 36.4 Å². The van der Waals surface area contributed by atoms with Gasteiger partial charge in [0.05, 0.1) is 5.56 Å². The van der Waals surface area contributed by atoms with Gasteiger partial charge >= 0.3 is 5.97 Å². The first-order valence-electron chi connectivity index (χ1n) is 10.8. The number of aryl methyl sites for hydroxylation is 2. The smallest absolute Gasteiger partial charge is 0.338 e. The summed E-state index contributed by atoms with van der Waals surface area (Å²) in [5.74, 6) is -0.477. The monoisotopic (exact) mass is 404 g/mol. The number of para-hydroxylation sites is 1. The zero-order chi connectivity index (χ0) is 21.1. The third-order valence-electron chi connectivity index (χ3n) is 6.05. The lowest BCUT2D eigenvalue weighted by Gasteiger charge is -2.15. The van der Waals surface area contributed by atoms with Crippen molar-refractivity contribution in [3.8, 4) is 0 Å². The van der Waals surface area contributed by atoms with Gasteiger partial charge in [-0.15, -0.1) is 0 Å². The number of aromatic amines is 1. The molecule has 1 aromatic heterocycles. The molecule has 5 nitrogen and oxygen atoms in total. The molecule has 1 heterocycles. The topological polar surface area (TPSA) is 71.2 Å². The zero-order valence-corrected chi connectivity index (χ0v) is 17.6. The third kappa shape index (κ3) is 4.11. The SMILES string of the molecule is CC[C@@H](C)c1ccccc1NC(=O)COC(=O)c1ccc2[nH]c3c(c2c1)CCCC3. The maximum absolute atomic E-state index is 12.5. The normalized spacial score (nSPS) is 14.2. The average molecular weight is 405 g/mol. The largest absolute Gasteiger partial charge is 0.452 e. The molecule has 2 N–H and O–H groups in total. The van der Waals surface area contributed by atoms with Crippen LogP contribution in [0.3, 0.4) is 0 Å². The van der Waals surface area contributed by atoms with Crippen molar-refractivity contribution in [1.82, 2.24) is 4.98 Å². The predicted molar refractivity (Wildman–Crippen MR) is 119 cm³/mol. The van der Waals surface area contributed by atoms with Gasteiger partial charge in [0.15, 0.2) is 6.61 Å². The number of esters is 1. The first kappa shape index (κ1) is 20.2. The van der Waals surface area contributed by atoms with Crippen molar-refractivity contribution in [2.24, 2.45) is 0 Å². The Kier molecular flexibility index (Phi) is 5.88. The highest BCUT2D eigenvalue weighted by atomic mass is 16.5. The first-order valence-corrected chi connectivity index (χ1v) is 10.8. The predicted octanol–water partition coefficient (Wildman–Crippen LogP) is 5.36. The molecular formula is C25H28N2O3. The molecule has 0 saturated carbocycles. The number of rotatable bonds is 6. The Labute approximate surface area is 176 Å². The van der Waals surface area contributed by atoms with Gasteiger partial charge in [-0.25, -0.2) is 4.79 Å². The lowest BCUT2D eigenvalue weighted by molar-refractivity contribution is -0.119. The van der Waals surface area contributed by atoms with E-state index in [1.165, 1.54) is 24.1 Å². The molecule has 0 bridgehead atoms. The van der Waals surface area contributed by atoms with Crippen LogP contribution in [-0.2, 0) is 22.4 Å². The molecule has 0 spiro atoms. The number of fused-ring (bicyclic) bond motifs is 3. The number of aromatic nitrogens is 1. The minimum atomic E-state index is -0.479. The maximum Gasteiger partial charge on any atom is 0.338 e. The van der Waals surface area contributed by atoms with Gasteiger partial charge in [-0.05, 0) is 73.4 Å². The summed E-state index contributed by atoms with van der Waals surface area (Å²) in [5.41, 5.74) is 5.97. The third-order valence-corrected chi connectivity index (χ3v) is 6.05. The Morgan fingerprint density at radius 2 is 1.93 bits per heavy atom. The van der Waals surface area contributed by atoms with Crippen LogP contribution in [0.15, 0.2) is 42.5 Å². The summed E-state index contributed by atoms with van der Waals surface area (Å²) in [7, 11) is 0. The van der Waals surface area contributed by atoms with Gasteiger partial charge in [0.2, 0.25) is 0 Å². The van der Waals surface area contributed by atoms with Crippen LogP contribution >= 0.6 is 0 Å². The highest BCUT2D eigenvalue weighted by Crippen LogP contribution is 2.30. The molecule has 156 valence electrons. The second-order valence-electron chi connectivity index (χ2n) is 8.07. The molecular weight excluding hydrogens is 376 g/mol. The van der Waals surface area contributed by atoms with Crippen molar-refractivity contribution in [3.63, 3.8) is 0 Å². The highest BCUT2D eigenvalue weighted by molar-refractivity contribution is 5.98. The molecule has 4 rings (SSSR count). The number of anilines is 1. The molecule has 0 aliphatic heterocycles. The van der Waals surface area contributed by atoms with Crippen molar-refractivity contribution in [2.45, 2.75) is 51.9 Å². The van der Waals surface area contributed by atoms with Crippen LogP contribution in [0.2, 0.25) is 0 Å². The second kappa shape index (κ2) is 8.74. The van der Waals surface area contributed by atoms with Crippen molar-refractivity contribution >= 4 is 28.5 Å². The van der Waals surface area contributed by atoms with Gasteiger partial charge in [-0.2, -0.15) is 0 Å². The van der Waals surface area contributed by atoms with Crippen LogP contribution in [0.1, 0.15) is 66.2 Å². The standard InChI is InChI=1S/C25H28N2O3/c1-3-16(2)18-8-4-6-10-21(18)27-24(28)15-30-25(29)17-12-13-23-20(14-17)19-9-5-7-11-22(19)26-23/h4,6,8,10,12-14,16,26H,3,5,7,9,11,15H2,1-2H3,(H,27,28)/t16-/m1/s1. The first-order chi connectivity index (χ1) is 14.6. The number of hydrogen-bond donors (Lipinski definition) is 2. The molecule has 1 atom stereocenters. The Hall–Kier alpha value is -3.08. The van der Waals surface area contributed by atoms with Crippen LogP contribution in [0.5, 0.6) is 0 Å². The molecule has 0 unspecified atom stereocenters. The Balaban J connectivity index is 1.42. The van der Waals surface area contributed by atoms with Gasteiger partial charge in [0.1, 0.15) is 0 Å². The summed E-state index contributed by atoms with van der Waals surface area (Å²) in [5, 5.41) is 3.97. The van der Waals surface area contributed by atoms with E-state index in [0.29, 0.717) is 11.5 Å². The van der Waals surface area contributed by atoms with E-state index in [2.05, 4.69) is 24.1 Å². The number of nitrogens with one attached hydrogen (secondary N) is 2. The fourth-order valence-corrected chi connectivity index (χ4v) is 4.19. The van der Waals surface area contributed by atoms with Gasteiger partial charge < -0.3 is 15.0 Å². The van der Waals surface area contributed by atoms with E-state index in [1.54, 1.807) is 6.07 Å². The van der Waals surface area contributed by atoms with Crippen LogP contribution in [0, 0.1) is 0 Å². The Morgan fingerprint density at radius 3 is 2.77 bits per heavy atom. The van der Waals surface area contributed by atoms with E-state index in [0.717, 1.165) is 41.4 Å². The second-order valence-corrected chi connectivity index (χ2v) is 8.07. The van der Waals surface area contributed by atoms with Gasteiger partial charge in [0.25, 0.3) is 5.91 Å². The number of benzene rings is 2. The summed E-state index contributed by atoms with van der Waals surface area (Å²) < 4.78 is 5.30. The fourth-order valence-electron chi connectivity index (χ4n) is 4.19. The number of ether oxygens (including phenoxy) is 1. The van der Waals surface area contributed by atoms with E-state index < -0.39 is 5.97 Å². The number of H-pyrrole nitrogens is 1. The molecule has 30 heavy (non-hydrogen) atoms. The van der Waals surface area contributed by atoms with E-state index >= 15 is 0 Å². The van der Waals surface area contributed by atoms with Crippen molar-refractivity contribution < 1.29 is 14.3 Å². The van der Waals surface area contributed by atoms with Gasteiger partial charge in [0, 0.05) is 22.3 Å². The van der Waals surface area contributed by atoms with Crippen LogP contribution in [0.4, 0.5) is 5.69 Å². The zero-order valence-electron chi connectivity index (χ0n) is 17.6. The van der Waals surface area contributed by atoms with Crippen molar-refractivity contribution in [1.29, 1.82) is 0 Å². The van der Waals surface area contributed by atoms with Crippen LogP contribution in [0.25, 0.3) is 10.9 Å². The van der Waals surface area contributed by atoms with Gasteiger partial charge in [-0.1, -0.05) is 32.0 Å². The summed E-state index contributed by atoms with van der Waals surface area (Å²) in [6.07, 6.45) is 5.44. The molecule has 1 aliphatic carbocycles. The fraction of sp³-hybridized carbons (Fsp3) is 0.360. The molecule has 0 radical (unpaired) electrons. The van der Waals surface area contributed by atoms with Gasteiger partial charge in [-0.3, -0.25) is 4.79 Å². The molecule has 5 heteroatoms. The molecule has 1 aliphatic rings. The van der Waals surface area contributed by atoms with E-state index in [9.17, 15) is 9.59 Å². The average Bonchev–Trinajstić information content (AvgIpc) is 3.15. The lowest BCUT2D eigenvalue weighted by atomic mass is 9.95. The Bertz CT molecular complexity index is 1080. The van der Waals surface area contributed by atoms with Crippen molar-refractivity contribution in [2.75, 3.05) is 11.9 Å². The maximum atomic E-state index is 12.5.